The number of nitrogens with zero attached hydrogens (tertiary/aromatic N) is 1. The zero-order valence-electron chi connectivity index (χ0n) is 11.6. The van der Waals surface area contributed by atoms with E-state index in [0.29, 0.717) is 18.8 Å². The van der Waals surface area contributed by atoms with Gasteiger partial charge in [-0.3, -0.25) is 0 Å². The number of nitrogens with two attached hydrogens (primary N) is 1. The molecule has 2 unspecified atom stereocenters. The molecule has 2 atom stereocenters. The van der Waals surface area contributed by atoms with Gasteiger partial charge in [0.15, 0.2) is 0 Å². The van der Waals surface area contributed by atoms with Crippen molar-refractivity contribution in [2.45, 2.75) is 43.3 Å². The highest BCUT2D eigenvalue weighted by molar-refractivity contribution is 7.89. The lowest BCUT2D eigenvalue weighted by atomic mass is 10.1. The van der Waals surface area contributed by atoms with Crippen LogP contribution in [0.25, 0.3) is 0 Å². The number of anilines is 1. The molecule has 0 aliphatic carbocycles. The van der Waals surface area contributed by atoms with Crippen molar-refractivity contribution in [2.24, 2.45) is 0 Å². The molecule has 2 saturated heterocycles. The molecule has 2 N–H and O–H groups in total. The number of hydrogen-bond donors (Lipinski definition) is 1. The molecule has 2 aliphatic rings. The average Bonchev–Trinajstić information content (AvgIpc) is 2.77. The Kier molecular flexibility index (Phi) is 3.48. The second-order valence-electron chi connectivity index (χ2n) is 5.49. The predicted octanol–water partition coefficient (Wildman–Crippen LogP) is 1.38. The van der Waals surface area contributed by atoms with E-state index in [1.54, 1.807) is 22.5 Å². The van der Waals surface area contributed by atoms with Crippen LogP contribution in [0, 0.1) is 0 Å². The zero-order valence-corrected chi connectivity index (χ0v) is 12.4. The van der Waals surface area contributed by atoms with Crippen LogP contribution in [-0.2, 0) is 21.2 Å². The summed E-state index contributed by atoms with van der Waals surface area (Å²) >= 11 is 0. The number of hydrogen-bond acceptors (Lipinski definition) is 4. The molecule has 0 saturated carbocycles. The Morgan fingerprint density at radius 2 is 1.95 bits per heavy atom. The van der Waals surface area contributed by atoms with Gasteiger partial charge in [-0.1, -0.05) is 13.0 Å². The average molecular weight is 296 g/mol. The van der Waals surface area contributed by atoms with Crippen LogP contribution in [0.15, 0.2) is 23.1 Å². The lowest BCUT2D eigenvalue weighted by molar-refractivity contribution is -0.0114. The predicted molar refractivity (Wildman–Crippen MR) is 76.9 cm³/mol. The minimum Gasteiger partial charge on any atom is -0.398 e. The summed E-state index contributed by atoms with van der Waals surface area (Å²) in [6.45, 7) is 2.90. The summed E-state index contributed by atoms with van der Waals surface area (Å²) in [5.41, 5.74) is 7.44. The summed E-state index contributed by atoms with van der Waals surface area (Å²) in [5.74, 6) is 0. The van der Waals surface area contributed by atoms with Crippen LogP contribution in [0.3, 0.4) is 0 Å². The fraction of sp³-hybridized carbons (Fsp3) is 0.571. The van der Waals surface area contributed by atoms with Gasteiger partial charge < -0.3 is 10.5 Å². The molecule has 110 valence electrons. The summed E-state index contributed by atoms with van der Waals surface area (Å²) in [6, 6.07) is 5.03. The van der Waals surface area contributed by atoms with E-state index in [1.807, 2.05) is 6.92 Å². The standard InChI is InChI=1S/C14H20N2O3S/c1-2-10-3-6-13(7-14(10)15)20(17,18)16-8-11-4-5-12(9-16)19-11/h3,6-7,11-12H,2,4-5,8-9,15H2,1H3. The van der Waals surface area contributed by atoms with Crippen molar-refractivity contribution < 1.29 is 13.2 Å². The molecule has 6 heteroatoms. The number of sulfonamides is 1. The Hall–Kier alpha value is -1.11. The van der Waals surface area contributed by atoms with Crippen molar-refractivity contribution in [3.05, 3.63) is 23.8 Å². The van der Waals surface area contributed by atoms with Gasteiger partial charge in [0.05, 0.1) is 17.1 Å². The number of ether oxygens (including phenoxy) is 1. The minimum atomic E-state index is -3.46. The monoisotopic (exact) mass is 296 g/mol. The normalized spacial score (nSPS) is 26.9. The second-order valence-corrected chi connectivity index (χ2v) is 7.43. The molecule has 5 nitrogen and oxygen atoms in total. The van der Waals surface area contributed by atoms with Crippen LogP contribution in [0.2, 0.25) is 0 Å². The molecule has 2 bridgehead atoms. The molecule has 2 heterocycles. The van der Waals surface area contributed by atoms with E-state index < -0.39 is 10.0 Å². The lowest BCUT2D eigenvalue weighted by Crippen LogP contribution is -2.45. The summed E-state index contributed by atoms with van der Waals surface area (Å²) in [7, 11) is -3.46. The van der Waals surface area contributed by atoms with Crippen molar-refractivity contribution in [1.82, 2.24) is 4.31 Å². The summed E-state index contributed by atoms with van der Waals surface area (Å²) in [5, 5.41) is 0. The molecule has 2 aliphatic heterocycles. The van der Waals surface area contributed by atoms with Crippen molar-refractivity contribution in [3.8, 4) is 0 Å². The fourth-order valence-corrected chi connectivity index (χ4v) is 4.52. The Labute approximate surface area is 119 Å². The minimum absolute atomic E-state index is 0.0517. The summed E-state index contributed by atoms with van der Waals surface area (Å²) in [6.07, 6.45) is 2.81. The molecule has 0 spiro atoms. The van der Waals surface area contributed by atoms with Gasteiger partial charge >= 0.3 is 0 Å². The number of nitrogen functional groups attached to an aromatic ring is 1. The third kappa shape index (κ3) is 2.32. The van der Waals surface area contributed by atoms with Gasteiger partial charge in [0, 0.05) is 18.8 Å². The first-order chi connectivity index (χ1) is 9.50. The topological polar surface area (TPSA) is 72.6 Å². The van der Waals surface area contributed by atoms with E-state index in [2.05, 4.69) is 0 Å². The van der Waals surface area contributed by atoms with Crippen molar-refractivity contribution in [1.29, 1.82) is 0 Å². The van der Waals surface area contributed by atoms with E-state index in [-0.39, 0.29) is 17.1 Å². The molecule has 1 aromatic carbocycles. The van der Waals surface area contributed by atoms with Gasteiger partial charge in [-0.15, -0.1) is 0 Å². The van der Waals surface area contributed by atoms with Crippen molar-refractivity contribution >= 4 is 15.7 Å². The van der Waals surface area contributed by atoms with Gasteiger partial charge in [0.1, 0.15) is 0 Å². The molecular formula is C14H20N2O3S. The van der Waals surface area contributed by atoms with E-state index in [9.17, 15) is 8.42 Å². The van der Waals surface area contributed by atoms with Crippen molar-refractivity contribution in [3.63, 3.8) is 0 Å². The van der Waals surface area contributed by atoms with Gasteiger partial charge in [-0.25, -0.2) is 8.42 Å². The number of aryl methyl sites for hydroxylation is 1. The lowest BCUT2D eigenvalue weighted by Gasteiger charge is -2.31. The molecule has 20 heavy (non-hydrogen) atoms. The first-order valence-electron chi connectivity index (χ1n) is 7.04. The van der Waals surface area contributed by atoms with E-state index >= 15 is 0 Å². The highest BCUT2D eigenvalue weighted by Gasteiger charge is 2.39. The molecule has 0 aromatic heterocycles. The summed E-state index contributed by atoms with van der Waals surface area (Å²) in [4.78, 5) is 0.286. The molecule has 1 aromatic rings. The highest BCUT2D eigenvalue weighted by atomic mass is 32.2. The second kappa shape index (κ2) is 5.02. The third-order valence-corrected chi connectivity index (χ3v) is 5.97. The number of morpholine rings is 1. The van der Waals surface area contributed by atoms with Gasteiger partial charge in [-0.05, 0) is 37.0 Å². The van der Waals surface area contributed by atoms with Crippen molar-refractivity contribution in [2.75, 3.05) is 18.8 Å². The smallest absolute Gasteiger partial charge is 0.243 e. The number of rotatable bonds is 3. The van der Waals surface area contributed by atoms with E-state index in [0.717, 1.165) is 24.8 Å². The van der Waals surface area contributed by atoms with Crippen LogP contribution in [0.1, 0.15) is 25.3 Å². The first-order valence-corrected chi connectivity index (χ1v) is 8.48. The van der Waals surface area contributed by atoms with Gasteiger partial charge in [-0.2, -0.15) is 4.31 Å². The van der Waals surface area contributed by atoms with E-state index in [1.165, 1.54) is 0 Å². The summed E-state index contributed by atoms with van der Waals surface area (Å²) < 4.78 is 32.6. The largest absolute Gasteiger partial charge is 0.398 e. The van der Waals surface area contributed by atoms with Gasteiger partial charge in [0.2, 0.25) is 10.0 Å². The van der Waals surface area contributed by atoms with Crippen LogP contribution in [0.4, 0.5) is 5.69 Å². The Morgan fingerprint density at radius 1 is 1.30 bits per heavy atom. The first kappa shape index (κ1) is 13.9. The highest BCUT2D eigenvalue weighted by Crippen LogP contribution is 2.30. The quantitative estimate of drug-likeness (QED) is 0.855. The van der Waals surface area contributed by atoms with E-state index in [4.69, 9.17) is 10.5 Å². The van der Waals surface area contributed by atoms with Gasteiger partial charge in [0.25, 0.3) is 0 Å². The maximum atomic E-state index is 12.7. The van der Waals surface area contributed by atoms with Crippen LogP contribution < -0.4 is 5.73 Å². The fourth-order valence-electron chi connectivity index (χ4n) is 2.98. The molecule has 0 radical (unpaired) electrons. The maximum absolute atomic E-state index is 12.7. The Balaban J connectivity index is 1.90. The number of benzene rings is 1. The molecule has 0 amide bonds. The Bertz CT molecular complexity index is 603. The van der Waals surface area contributed by atoms with Crippen LogP contribution >= 0.6 is 0 Å². The maximum Gasteiger partial charge on any atom is 0.243 e. The third-order valence-electron chi connectivity index (χ3n) is 4.15. The molecular weight excluding hydrogens is 276 g/mol. The molecule has 2 fully saturated rings. The SMILES string of the molecule is CCc1ccc(S(=O)(=O)N2CC3CCC(C2)O3)cc1N. The molecule has 3 rings (SSSR count). The number of fused-ring (bicyclic) bond motifs is 2. The Morgan fingerprint density at radius 3 is 2.50 bits per heavy atom. The van der Waals surface area contributed by atoms with Crippen LogP contribution in [-0.4, -0.2) is 38.0 Å². The zero-order chi connectivity index (χ0) is 14.3. The van der Waals surface area contributed by atoms with Crippen LogP contribution in [0.5, 0.6) is 0 Å².